The molecule has 11 heavy (non-hydrogen) atoms. The second-order valence-electron chi connectivity index (χ2n) is 2.15. The summed E-state index contributed by atoms with van der Waals surface area (Å²) in [6.07, 6.45) is 0.449. The summed E-state index contributed by atoms with van der Waals surface area (Å²) in [5, 5.41) is 3.94. The van der Waals surface area contributed by atoms with E-state index in [1.54, 1.807) is 18.3 Å². The fourth-order valence-electron chi connectivity index (χ4n) is 0.641. The SMILES string of the molecule is CCC(=O)OCc1ccsc1. The van der Waals surface area contributed by atoms with E-state index in [1.807, 2.05) is 16.8 Å². The van der Waals surface area contributed by atoms with E-state index in [4.69, 9.17) is 4.74 Å². The largest absolute Gasteiger partial charge is 0.461 e. The first kappa shape index (κ1) is 8.27. The van der Waals surface area contributed by atoms with E-state index in [9.17, 15) is 4.79 Å². The van der Waals surface area contributed by atoms with Gasteiger partial charge in [-0.3, -0.25) is 4.79 Å². The lowest BCUT2D eigenvalue weighted by Crippen LogP contribution is -2.01. The first-order valence-electron chi connectivity index (χ1n) is 3.49. The van der Waals surface area contributed by atoms with Crippen molar-refractivity contribution in [1.82, 2.24) is 0 Å². The Kier molecular flexibility index (Phi) is 3.11. The molecule has 1 heterocycles. The summed E-state index contributed by atoms with van der Waals surface area (Å²) in [6.45, 7) is 2.20. The smallest absolute Gasteiger partial charge is 0.305 e. The molecule has 1 aromatic rings. The molecular weight excluding hydrogens is 160 g/mol. The van der Waals surface area contributed by atoms with E-state index in [1.165, 1.54) is 0 Å². The van der Waals surface area contributed by atoms with Gasteiger partial charge in [0.05, 0.1) is 0 Å². The summed E-state index contributed by atoms with van der Waals surface area (Å²) in [6, 6.07) is 1.95. The third kappa shape index (κ3) is 2.72. The summed E-state index contributed by atoms with van der Waals surface area (Å²) in [4.78, 5) is 10.7. The van der Waals surface area contributed by atoms with Gasteiger partial charge in [0.15, 0.2) is 0 Å². The predicted molar refractivity (Wildman–Crippen MR) is 44.4 cm³/mol. The summed E-state index contributed by atoms with van der Waals surface area (Å²) in [5.41, 5.74) is 1.07. The maximum Gasteiger partial charge on any atom is 0.305 e. The van der Waals surface area contributed by atoms with Gasteiger partial charge in [0.1, 0.15) is 6.61 Å². The molecule has 0 atom stereocenters. The van der Waals surface area contributed by atoms with Crippen molar-refractivity contribution in [3.05, 3.63) is 22.4 Å². The van der Waals surface area contributed by atoms with Crippen LogP contribution in [0.2, 0.25) is 0 Å². The van der Waals surface area contributed by atoms with E-state index in [-0.39, 0.29) is 5.97 Å². The summed E-state index contributed by atoms with van der Waals surface area (Å²) in [7, 11) is 0. The zero-order valence-electron chi connectivity index (χ0n) is 6.37. The Balaban J connectivity index is 2.29. The van der Waals surface area contributed by atoms with Gasteiger partial charge >= 0.3 is 5.97 Å². The predicted octanol–water partition coefficient (Wildman–Crippen LogP) is 2.20. The lowest BCUT2D eigenvalue weighted by Gasteiger charge is -1.99. The fraction of sp³-hybridized carbons (Fsp3) is 0.375. The van der Waals surface area contributed by atoms with Gasteiger partial charge in [0, 0.05) is 12.0 Å². The molecule has 0 unspecified atom stereocenters. The Hall–Kier alpha value is -0.830. The number of carbonyl (C=O) groups excluding carboxylic acids is 1. The van der Waals surface area contributed by atoms with E-state index in [2.05, 4.69) is 0 Å². The molecule has 1 aromatic heterocycles. The minimum absolute atomic E-state index is 0.142. The van der Waals surface area contributed by atoms with Crippen LogP contribution in [0, 0.1) is 0 Å². The highest BCUT2D eigenvalue weighted by Gasteiger charge is 1.98. The van der Waals surface area contributed by atoms with Crippen LogP contribution < -0.4 is 0 Å². The molecule has 0 saturated heterocycles. The number of esters is 1. The van der Waals surface area contributed by atoms with Crippen LogP contribution in [0.3, 0.4) is 0 Å². The van der Waals surface area contributed by atoms with Gasteiger partial charge in [-0.05, 0) is 16.8 Å². The molecule has 0 saturated carbocycles. The minimum atomic E-state index is -0.142. The maximum absolute atomic E-state index is 10.7. The van der Waals surface area contributed by atoms with E-state index in [0.29, 0.717) is 13.0 Å². The molecule has 0 aliphatic heterocycles. The standard InChI is InChI=1S/C8H10O2S/c1-2-8(9)10-5-7-3-4-11-6-7/h3-4,6H,2,5H2,1H3. The quantitative estimate of drug-likeness (QED) is 0.650. The average molecular weight is 170 g/mol. The molecule has 2 nitrogen and oxygen atoms in total. The molecule has 0 aliphatic carbocycles. The normalized spacial score (nSPS) is 9.55. The third-order valence-corrected chi connectivity index (χ3v) is 2.00. The van der Waals surface area contributed by atoms with Gasteiger partial charge in [-0.2, -0.15) is 11.3 Å². The zero-order chi connectivity index (χ0) is 8.10. The maximum atomic E-state index is 10.7. The highest BCUT2D eigenvalue weighted by atomic mass is 32.1. The molecule has 60 valence electrons. The zero-order valence-corrected chi connectivity index (χ0v) is 7.19. The number of hydrogen-bond acceptors (Lipinski definition) is 3. The highest BCUT2D eigenvalue weighted by molar-refractivity contribution is 7.07. The highest BCUT2D eigenvalue weighted by Crippen LogP contribution is 2.07. The Morgan fingerprint density at radius 2 is 2.55 bits per heavy atom. The van der Waals surface area contributed by atoms with Crippen LogP contribution in [0.1, 0.15) is 18.9 Å². The van der Waals surface area contributed by atoms with Crippen LogP contribution in [0.4, 0.5) is 0 Å². The van der Waals surface area contributed by atoms with Gasteiger partial charge in [-0.25, -0.2) is 0 Å². The number of hydrogen-bond donors (Lipinski definition) is 0. The second-order valence-corrected chi connectivity index (χ2v) is 2.93. The molecule has 0 fully saturated rings. The van der Waals surface area contributed by atoms with Gasteiger partial charge in [-0.15, -0.1) is 0 Å². The van der Waals surface area contributed by atoms with Crippen molar-refractivity contribution in [3.63, 3.8) is 0 Å². The second kappa shape index (κ2) is 4.13. The lowest BCUT2D eigenvalue weighted by molar-refractivity contribution is -0.144. The van der Waals surface area contributed by atoms with Crippen molar-refractivity contribution in [2.75, 3.05) is 0 Å². The van der Waals surface area contributed by atoms with Crippen LogP contribution in [0.15, 0.2) is 16.8 Å². The van der Waals surface area contributed by atoms with E-state index < -0.39 is 0 Å². The molecule has 0 amide bonds. The van der Waals surface area contributed by atoms with Crippen molar-refractivity contribution < 1.29 is 9.53 Å². The molecule has 0 aromatic carbocycles. The van der Waals surface area contributed by atoms with Crippen LogP contribution >= 0.6 is 11.3 Å². The van der Waals surface area contributed by atoms with Crippen molar-refractivity contribution in [3.8, 4) is 0 Å². The van der Waals surface area contributed by atoms with Gasteiger partial charge < -0.3 is 4.74 Å². The summed E-state index contributed by atoms with van der Waals surface area (Å²) >= 11 is 1.61. The molecule has 3 heteroatoms. The summed E-state index contributed by atoms with van der Waals surface area (Å²) in [5.74, 6) is -0.142. The summed E-state index contributed by atoms with van der Waals surface area (Å²) < 4.78 is 4.90. The molecular formula is C8H10O2S. The van der Waals surface area contributed by atoms with Crippen LogP contribution in [0.5, 0.6) is 0 Å². The monoisotopic (exact) mass is 170 g/mol. The molecule has 0 bridgehead atoms. The van der Waals surface area contributed by atoms with Crippen molar-refractivity contribution in [1.29, 1.82) is 0 Å². The average Bonchev–Trinajstić information content (AvgIpc) is 2.52. The third-order valence-electron chi connectivity index (χ3n) is 1.27. The first-order valence-corrected chi connectivity index (χ1v) is 4.44. The van der Waals surface area contributed by atoms with E-state index in [0.717, 1.165) is 5.56 Å². The Bertz CT molecular complexity index is 216. The van der Waals surface area contributed by atoms with Crippen molar-refractivity contribution >= 4 is 17.3 Å². The number of carbonyl (C=O) groups is 1. The minimum Gasteiger partial charge on any atom is -0.461 e. The van der Waals surface area contributed by atoms with Crippen LogP contribution in [-0.2, 0) is 16.1 Å². The molecule has 0 N–H and O–H groups in total. The lowest BCUT2D eigenvalue weighted by atomic mass is 10.4. The molecule has 1 rings (SSSR count). The van der Waals surface area contributed by atoms with Gasteiger partial charge in [0.25, 0.3) is 0 Å². The van der Waals surface area contributed by atoms with Crippen molar-refractivity contribution in [2.24, 2.45) is 0 Å². The van der Waals surface area contributed by atoms with Crippen molar-refractivity contribution in [2.45, 2.75) is 20.0 Å². The first-order chi connectivity index (χ1) is 5.33. The number of rotatable bonds is 3. The Morgan fingerprint density at radius 1 is 1.73 bits per heavy atom. The molecule has 0 aliphatic rings. The molecule has 0 radical (unpaired) electrons. The molecule has 0 spiro atoms. The van der Waals surface area contributed by atoms with Crippen LogP contribution in [-0.4, -0.2) is 5.97 Å². The van der Waals surface area contributed by atoms with E-state index >= 15 is 0 Å². The number of thiophene rings is 1. The topological polar surface area (TPSA) is 26.3 Å². The Morgan fingerprint density at radius 3 is 3.09 bits per heavy atom. The fourth-order valence-corrected chi connectivity index (χ4v) is 1.29. The van der Waals surface area contributed by atoms with Gasteiger partial charge in [-0.1, -0.05) is 6.92 Å². The number of ether oxygens (including phenoxy) is 1. The Labute approximate surface area is 69.8 Å². The van der Waals surface area contributed by atoms with Gasteiger partial charge in [0.2, 0.25) is 0 Å². The van der Waals surface area contributed by atoms with Crippen LogP contribution in [0.25, 0.3) is 0 Å².